The number of aryl methyl sites for hydroxylation is 1. The number of aromatic amines is 1. The summed E-state index contributed by atoms with van der Waals surface area (Å²) in [6.07, 6.45) is 3.86. The van der Waals surface area contributed by atoms with Crippen LogP contribution in [-0.4, -0.2) is 30.8 Å². The van der Waals surface area contributed by atoms with Crippen LogP contribution in [0, 0.1) is 11.3 Å². The SMILES string of the molecule is CCc1cccc2c(/C=C(\C#N)C(=O)O[C@@H](C)COC)c[nH]c12. The van der Waals surface area contributed by atoms with Gasteiger partial charge in [0, 0.05) is 29.8 Å². The van der Waals surface area contributed by atoms with E-state index in [1.807, 2.05) is 18.2 Å². The number of carbonyl (C=O) groups is 1. The molecule has 0 bridgehead atoms. The third-order valence-electron chi connectivity index (χ3n) is 3.56. The quantitative estimate of drug-likeness (QED) is 0.505. The second-order valence-electron chi connectivity index (χ2n) is 5.28. The second kappa shape index (κ2) is 7.61. The van der Waals surface area contributed by atoms with Crippen LogP contribution in [-0.2, 0) is 20.7 Å². The van der Waals surface area contributed by atoms with Gasteiger partial charge in [0.15, 0.2) is 0 Å². The molecule has 1 aromatic heterocycles. The number of methoxy groups -OCH3 is 1. The molecule has 0 unspecified atom stereocenters. The van der Waals surface area contributed by atoms with Crippen molar-refractivity contribution in [1.29, 1.82) is 5.26 Å². The van der Waals surface area contributed by atoms with Gasteiger partial charge in [-0.2, -0.15) is 5.26 Å². The van der Waals surface area contributed by atoms with E-state index in [9.17, 15) is 10.1 Å². The van der Waals surface area contributed by atoms with E-state index in [2.05, 4.69) is 18.0 Å². The summed E-state index contributed by atoms with van der Waals surface area (Å²) in [4.78, 5) is 15.3. The Morgan fingerprint density at radius 2 is 2.26 bits per heavy atom. The number of H-pyrrole nitrogens is 1. The van der Waals surface area contributed by atoms with E-state index in [0.29, 0.717) is 0 Å². The van der Waals surface area contributed by atoms with Crippen LogP contribution in [0.4, 0.5) is 0 Å². The molecule has 0 saturated heterocycles. The van der Waals surface area contributed by atoms with Crippen LogP contribution in [0.25, 0.3) is 17.0 Å². The van der Waals surface area contributed by atoms with E-state index in [4.69, 9.17) is 9.47 Å². The summed E-state index contributed by atoms with van der Waals surface area (Å²) in [6, 6.07) is 7.90. The Labute approximate surface area is 135 Å². The number of nitriles is 1. The van der Waals surface area contributed by atoms with Crippen molar-refractivity contribution in [2.75, 3.05) is 13.7 Å². The average Bonchev–Trinajstić information content (AvgIpc) is 2.95. The first-order valence-electron chi connectivity index (χ1n) is 7.51. The maximum absolute atomic E-state index is 12.1. The van der Waals surface area contributed by atoms with Gasteiger partial charge in [0.25, 0.3) is 0 Å². The number of nitrogens with one attached hydrogen (secondary N) is 1. The van der Waals surface area contributed by atoms with Gasteiger partial charge in [-0.3, -0.25) is 0 Å². The lowest BCUT2D eigenvalue weighted by Crippen LogP contribution is -2.20. The molecule has 2 rings (SSSR count). The molecule has 0 radical (unpaired) electrons. The van der Waals surface area contributed by atoms with Gasteiger partial charge in [0.05, 0.1) is 6.61 Å². The molecule has 120 valence electrons. The topological polar surface area (TPSA) is 75.1 Å². The maximum atomic E-state index is 12.1. The summed E-state index contributed by atoms with van der Waals surface area (Å²) in [5.41, 5.74) is 2.98. The first-order valence-corrected chi connectivity index (χ1v) is 7.51. The largest absolute Gasteiger partial charge is 0.456 e. The molecule has 0 aliphatic heterocycles. The zero-order chi connectivity index (χ0) is 16.8. The summed E-state index contributed by atoms with van der Waals surface area (Å²) in [5, 5.41) is 10.2. The number of para-hydroxylation sites is 1. The first kappa shape index (κ1) is 16.8. The van der Waals surface area contributed by atoms with Crippen LogP contribution in [0.3, 0.4) is 0 Å². The third kappa shape index (κ3) is 3.79. The number of hydrogen-bond donors (Lipinski definition) is 1. The zero-order valence-corrected chi connectivity index (χ0v) is 13.6. The minimum absolute atomic E-state index is 0.0317. The van der Waals surface area contributed by atoms with E-state index in [0.717, 1.165) is 22.9 Å². The highest BCUT2D eigenvalue weighted by Gasteiger charge is 2.16. The second-order valence-corrected chi connectivity index (χ2v) is 5.28. The molecular formula is C18H20N2O3. The van der Waals surface area contributed by atoms with Crippen LogP contribution < -0.4 is 0 Å². The molecule has 0 aliphatic carbocycles. The first-order chi connectivity index (χ1) is 11.1. The third-order valence-corrected chi connectivity index (χ3v) is 3.56. The standard InChI is InChI=1S/C18H20N2O3/c1-4-13-6-5-7-16-15(10-20-17(13)16)8-14(9-19)18(21)23-12(2)11-22-3/h5-8,10,12,20H,4,11H2,1-3H3/b14-8+/t12-/m0/s1. The number of ether oxygens (including phenoxy) is 2. The van der Waals surface area contributed by atoms with E-state index in [1.165, 1.54) is 12.7 Å². The summed E-state index contributed by atoms with van der Waals surface area (Å²) in [7, 11) is 1.53. The van der Waals surface area contributed by atoms with E-state index >= 15 is 0 Å². The molecule has 23 heavy (non-hydrogen) atoms. The van der Waals surface area contributed by atoms with Gasteiger partial charge in [-0.15, -0.1) is 0 Å². The molecule has 0 fully saturated rings. The van der Waals surface area contributed by atoms with Crippen LogP contribution >= 0.6 is 0 Å². The predicted octanol–water partition coefficient (Wildman–Crippen LogP) is 3.22. The Morgan fingerprint density at radius 3 is 2.91 bits per heavy atom. The highest BCUT2D eigenvalue weighted by atomic mass is 16.6. The summed E-state index contributed by atoms with van der Waals surface area (Å²) in [5.74, 6) is -0.641. The number of carbonyl (C=O) groups excluding carboxylic acids is 1. The van der Waals surface area contributed by atoms with Gasteiger partial charge >= 0.3 is 5.97 Å². The van der Waals surface area contributed by atoms with Crippen molar-refractivity contribution in [2.24, 2.45) is 0 Å². The summed E-state index contributed by atoms with van der Waals surface area (Å²) in [6.45, 7) is 4.09. The maximum Gasteiger partial charge on any atom is 0.349 e. The molecule has 5 heteroatoms. The number of benzene rings is 1. The molecule has 5 nitrogen and oxygen atoms in total. The highest BCUT2D eigenvalue weighted by molar-refractivity contribution is 6.01. The molecule has 0 saturated carbocycles. The minimum atomic E-state index is -0.641. The van der Waals surface area contributed by atoms with Gasteiger partial charge in [-0.25, -0.2) is 4.79 Å². The van der Waals surface area contributed by atoms with Gasteiger partial charge in [0.2, 0.25) is 0 Å². The lowest BCUT2D eigenvalue weighted by Gasteiger charge is -2.11. The van der Waals surface area contributed by atoms with Crippen molar-refractivity contribution in [2.45, 2.75) is 26.4 Å². The summed E-state index contributed by atoms with van der Waals surface area (Å²) >= 11 is 0. The molecular weight excluding hydrogens is 292 g/mol. The lowest BCUT2D eigenvalue weighted by molar-refractivity contribution is -0.145. The van der Waals surface area contributed by atoms with Crippen LogP contribution in [0.5, 0.6) is 0 Å². The molecule has 1 N–H and O–H groups in total. The van der Waals surface area contributed by atoms with Gasteiger partial charge in [-0.05, 0) is 25.0 Å². The van der Waals surface area contributed by atoms with Gasteiger partial charge in [0.1, 0.15) is 17.7 Å². The van der Waals surface area contributed by atoms with Crippen LogP contribution in [0.1, 0.15) is 25.0 Å². The molecule has 0 spiro atoms. The van der Waals surface area contributed by atoms with Gasteiger partial charge in [-0.1, -0.05) is 25.1 Å². The Balaban J connectivity index is 2.32. The predicted molar refractivity (Wildman–Crippen MR) is 88.7 cm³/mol. The zero-order valence-electron chi connectivity index (χ0n) is 13.6. The molecule has 1 aromatic carbocycles. The fourth-order valence-electron chi connectivity index (χ4n) is 2.46. The number of aromatic nitrogens is 1. The van der Waals surface area contributed by atoms with E-state index in [1.54, 1.807) is 19.2 Å². The number of rotatable bonds is 6. The van der Waals surface area contributed by atoms with E-state index < -0.39 is 12.1 Å². The number of esters is 1. The van der Waals surface area contributed by atoms with Crippen molar-refractivity contribution in [1.82, 2.24) is 4.98 Å². The van der Waals surface area contributed by atoms with Crippen molar-refractivity contribution in [3.63, 3.8) is 0 Å². The fraction of sp³-hybridized carbons (Fsp3) is 0.333. The van der Waals surface area contributed by atoms with Gasteiger partial charge < -0.3 is 14.5 Å². The minimum Gasteiger partial charge on any atom is -0.456 e. The Hall–Kier alpha value is -2.58. The molecule has 1 atom stereocenters. The average molecular weight is 312 g/mol. The molecule has 2 aromatic rings. The monoisotopic (exact) mass is 312 g/mol. The number of nitrogens with zero attached hydrogens (tertiary/aromatic N) is 1. The van der Waals surface area contributed by atoms with E-state index in [-0.39, 0.29) is 12.2 Å². The Morgan fingerprint density at radius 1 is 1.48 bits per heavy atom. The molecule has 0 amide bonds. The normalized spacial score (nSPS) is 12.9. The Kier molecular flexibility index (Phi) is 5.56. The molecule has 1 heterocycles. The lowest BCUT2D eigenvalue weighted by atomic mass is 10.1. The smallest absolute Gasteiger partial charge is 0.349 e. The summed E-state index contributed by atoms with van der Waals surface area (Å²) < 4.78 is 10.1. The van der Waals surface area contributed by atoms with Crippen molar-refractivity contribution in [3.05, 3.63) is 41.1 Å². The van der Waals surface area contributed by atoms with Crippen LogP contribution in [0.15, 0.2) is 30.0 Å². The van der Waals surface area contributed by atoms with Crippen molar-refractivity contribution in [3.8, 4) is 6.07 Å². The van der Waals surface area contributed by atoms with Crippen molar-refractivity contribution >= 4 is 22.9 Å². The number of hydrogen-bond acceptors (Lipinski definition) is 4. The molecule has 0 aliphatic rings. The highest BCUT2D eigenvalue weighted by Crippen LogP contribution is 2.24. The number of fused-ring (bicyclic) bond motifs is 1. The fourth-order valence-corrected chi connectivity index (χ4v) is 2.46. The van der Waals surface area contributed by atoms with Crippen LogP contribution in [0.2, 0.25) is 0 Å². The Bertz CT molecular complexity index is 768. The van der Waals surface area contributed by atoms with Crippen molar-refractivity contribution < 1.29 is 14.3 Å².